The zero-order valence-electron chi connectivity index (χ0n) is 35.7. The fraction of sp³-hybridized carbons (Fsp3) is 0.533. The van der Waals surface area contributed by atoms with Crippen LogP contribution >= 0.6 is 0 Å². The van der Waals surface area contributed by atoms with E-state index < -0.39 is 24.3 Å². The van der Waals surface area contributed by atoms with E-state index in [1.807, 2.05) is 56.1 Å². The summed E-state index contributed by atoms with van der Waals surface area (Å²) < 4.78 is 9.66. The first kappa shape index (κ1) is 41.0. The van der Waals surface area contributed by atoms with Crippen LogP contribution in [0, 0.1) is 37.5 Å². The number of pyridine rings is 1. The molecule has 60 heavy (non-hydrogen) atoms. The number of nitrogens with zero attached hydrogens (tertiary/aromatic N) is 5. The van der Waals surface area contributed by atoms with E-state index in [1.165, 1.54) is 14.2 Å². The minimum Gasteiger partial charge on any atom is -0.453 e. The van der Waals surface area contributed by atoms with Gasteiger partial charge in [0.2, 0.25) is 11.8 Å². The van der Waals surface area contributed by atoms with E-state index >= 15 is 0 Å². The van der Waals surface area contributed by atoms with Crippen molar-refractivity contribution in [2.45, 2.75) is 116 Å². The summed E-state index contributed by atoms with van der Waals surface area (Å²) in [5.74, 6) is 1.68. The normalized spacial score (nSPS) is 24.0. The number of amides is 4. The molecule has 0 radical (unpaired) electrons. The molecule has 4 N–H and O–H groups in total. The molecule has 15 heteroatoms. The van der Waals surface area contributed by atoms with Crippen LogP contribution in [0.4, 0.5) is 9.59 Å². The zero-order valence-corrected chi connectivity index (χ0v) is 35.7. The van der Waals surface area contributed by atoms with Gasteiger partial charge in [0.25, 0.3) is 0 Å². The van der Waals surface area contributed by atoms with Gasteiger partial charge in [0, 0.05) is 47.4 Å². The molecule has 4 amide bonds. The Balaban J connectivity index is 0.990. The van der Waals surface area contributed by atoms with Crippen LogP contribution in [-0.2, 0) is 19.1 Å². The fourth-order valence-corrected chi connectivity index (χ4v) is 10.4. The van der Waals surface area contributed by atoms with Gasteiger partial charge in [0.15, 0.2) is 0 Å². The van der Waals surface area contributed by atoms with Crippen LogP contribution in [0.1, 0.15) is 101 Å². The number of fused-ring (bicyclic) bond motifs is 4. The molecule has 318 valence electrons. The predicted molar refractivity (Wildman–Crippen MR) is 224 cm³/mol. The molecule has 2 aliphatic heterocycles. The smallest absolute Gasteiger partial charge is 0.407 e. The van der Waals surface area contributed by atoms with E-state index in [9.17, 15) is 19.2 Å². The molecule has 15 nitrogen and oxygen atoms in total. The van der Waals surface area contributed by atoms with Crippen molar-refractivity contribution in [1.29, 1.82) is 0 Å². The van der Waals surface area contributed by atoms with Crippen LogP contribution in [0.5, 0.6) is 0 Å². The average molecular weight is 820 g/mol. The second-order valence-corrected chi connectivity index (χ2v) is 17.8. The lowest BCUT2D eigenvalue weighted by Crippen LogP contribution is -2.54. The number of aryl methyl sites for hydroxylation is 2. The second-order valence-electron chi connectivity index (χ2n) is 17.8. The Bertz CT molecular complexity index is 2130. The Morgan fingerprint density at radius 3 is 1.63 bits per heavy atom. The molecule has 2 saturated carbocycles. The highest BCUT2D eigenvalue weighted by atomic mass is 16.5. The third-order valence-corrected chi connectivity index (χ3v) is 13.4. The van der Waals surface area contributed by atoms with Crippen molar-refractivity contribution in [1.82, 2.24) is 45.4 Å². The molecule has 4 aromatic rings. The number of H-pyrrole nitrogens is 2. The molecular formula is C45H57N9O6. The van der Waals surface area contributed by atoms with Crippen LogP contribution in [0.3, 0.4) is 0 Å². The van der Waals surface area contributed by atoms with Crippen LogP contribution in [0.15, 0.2) is 42.9 Å². The molecule has 3 aromatic heterocycles. The third kappa shape index (κ3) is 7.40. The first-order valence-corrected chi connectivity index (χ1v) is 21.3. The Labute approximate surface area is 350 Å². The van der Waals surface area contributed by atoms with E-state index in [4.69, 9.17) is 24.4 Å². The van der Waals surface area contributed by atoms with Gasteiger partial charge in [-0.25, -0.2) is 19.6 Å². The van der Waals surface area contributed by atoms with E-state index in [2.05, 4.69) is 58.7 Å². The molecule has 2 saturated heterocycles. The molecular weight excluding hydrogens is 763 g/mol. The molecule has 2 aliphatic carbocycles. The lowest BCUT2D eigenvalue weighted by atomic mass is 9.95. The summed E-state index contributed by atoms with van der Waals surface area (Å²) in [5.41, 5.74) is 7.33. The van der Waals surface area contributed by atoms with Crippen LogP contribution in [0.2, 0.25) is 0 Å². The first-order chi connectivity index (χ1) is 28.8. The van der Waals surface area contributed by atoms with Crippen molar-refractivity contribution in [2.75, 3.05) is 14.2 Å². The lowest BCUT2D eigenvalue weighted by Gasteiger charge is -2.37. The number of ether oxygens (including phenoxy) is 2. The highest BCUT2D eigenvalue weighted by Crippen LogP contribution is 2.51. The van der Waals surface area contributed by atoms with Crippen molar-refractivity contribution in [2.24, 2.45) is 23.7 Å². The van der Waals surface area contributed by atoms with Gasteiger partial charge in [-0.1, -0.05) is 39.8 Å². The van der Waals surface area contributed by atoms with Gasteiger partial charge >= 0.3 is 12.2 Å². The van der Waals surface area contributed by atoms with Gasteiger partial charge in [-0.3, -0.25) is 14.6 Å². The summed E-state index contributed by atoms with van der Waals surface area (Å²) in [6.45, 7) is 11.8. The largest absolute Gasteiger partial charge is 0.453 e. The highest BCUT2D eigenvalue weighted by molar-refractivity contribution is 5.88. The number of imidazole rings is 2. The molecule has 4 aliphatic rings. The number of carbonyl (C=O) groups is 4. The summed E-state index contributed by atoms with van der Waals surface area (Å²) in [6, 6.07) is 6.81. The van der Waals surface area contributed by atoms with Crippen LogP contribution in [-0.4, -0.2) is 97.1 Å². The minimum absolute atomic E-state index is 0.0993. The molecule has 4 fully saturated rings. The maximum absolute atomic E-state index is 14.0. The van der Waals surface area contributed by atoms with E-state index in [-0.39, 0.29) is 47.8 Å². The monoisotopic (exact) mass is 819 g/mol. The maximum atomic E-state index is 14.0. The molecule has 1 unspecified atom stereocenters. The minimum atomic E-state index is -0.695. The number of hydrogen-bond donors (Lipinski definition) is 4. The number of benzene rings is 1. The van der Waals surface area contributed by atoms with Crippen molar-refractivity contribution < 1.29 is 28.7 Å². The van der Waals surface area contributed by atoms with Crippen molar-refractivity contribution >= 4 is 24.0 Å². The number of methoxy groups -OCH3 is 2. The number of likely N-dealkylation sites (tertiary alicyclic amines) is 2. The number of aromatic nitrogens is 5. The number of hydrogen-bond acceptors (Lipinski definition) is 9. The van der Waals surface area contributed by atoms with Gasteiger partial charge in [0.05, 0.1) is 43.4 Å². The molecule has 1 aromatic carbocycles. The topological polar surface area (TPSA) is 188 Å². The summed E-state index contributed by atoms with van der Waals surface area (Å²) in [6.07, 6.45) is 10.2. The molecule has 0 spiro atoms. The van der Waals surface area contributed by atoms with Gasteiger partial charge in [-0.05, 0) is 99.3 Å². The number of alkyl carbamates (subject to hydrolysis) is 2. The lowest BCUT2D eigenvalue weighted by molar-refractivity contribution is -0.140. The Morgan fingerprint density at radius 1 is 0.700 bits per heavy atom. The van der Waals surface area contributed by atoms with Crippen molar-refractivity contribution in [3.63, 3.8) is 0 Å². The third-order valence-electron chi connectivity index (χ3n) is 13.4. The number of aromatic amines is 2. The number of piperidine rings is 2. The van der Waals surface area contributed by atoms with Crippen LogP contribution in [0.25, 0.3) is 33.8 Å². The molecule has 8 atom stereocenters. The van der Waals surface area contributed by atoms with Gasteiger partial charge in [0.1, 0.15) is 23.7 Å². The number of rotatable bonds is 11. The average Bonchev–Trinajstić information content (AvgIpc) is 4.10. The van der Waals surface area contributed by atoms with Crippen LogP contribution < -0.4 is 10.6 Å². The van der Waals surface area contributed by atoms with Gasteiger partial charge < -0.3 is 39.9 Å². The van der Waals surface area contributed by atoms with Gasteiger partial charge in [-0.15, -0.1) is 0 Å². The predicted octanol–water partition coefficient (Wildman–Crippen LogP) is 7.01. The SMILES string of the molecule is COC(=O)NC(C(=O)N1[C@@H]2CC[C@@H](C2)[C@H]1c1nc(-c2cnc(-c3ccc(-c4c[nH]c([C@@H]5[C@H]6CC[C@H](C6)N5C(=O)[C@@H](NC(=O)OC)C(C)C)n4)cc3C)c(C)c2)c[nH]1)C(C)C. The summed E-state index contributed by atoms with van der Waals surface area (Å²) >= 11 is 0. The maximum Gasteiger partial charge on any atom is 0.407 e. The number of nitrogens with one attached hydrogen (secondary N) is 4. The van der Waals surface area contributed by atoms with Crippen molar-refractivity contribution in [3.8, 4) is 33.8 Å². The summed E-state index contributed by atoms with van der Waals surface area (Å²) in [5, 5.41) is 5.52. The fourth-order valence-electron chi connectivity index (χ4n) is 10.4. The van der Waals surface area contributed by atoms with E-state index in [0.29, 0.717) is 11.8 Å². The second kappa shape index (κ2) is 16.4. The van der Waals surface area contributed by atoms with Crippen molar-refractivity contribution in [3.05, 3.63) is 65.6 Å². The first-order valence-electron chi connectivity index (χ1n) is 21.3. The molecule has 5 heterocycles. The molecule has 8 rings (SSSR count). The Morgan fingerprint density at radius 2 is 1.18 bits per heavy atom. The van der Waals surface area contributed by atoms with E-state index in [0.717, 1.165) is 95.1 Å². The Kier molecular flexibility index (Phi) is 11.2. The van der Waals surface area contributed by atoms with E-state index in [1.54, 1.807) is 0 Å². The molecule has 4 bridgehead atoms. The quantitative estimate of drug-likeness (QED) is 0.123. The highest BCUT2D eigenvalue weighted by Gasteiger charge is 2.53. The number of carbonyl (C=O) groups excluding carboxylic acids is 4. The summed E-state index contributed by atoms with van der Waals surface area (Å²) in [4.78, 5) is 78.0. The zero-order chi connectivity index (χ0) is 42.6. The summed E-state index contributed by atoms with van der Waals surface area (Å²) in [7, 11) is 2.61. The Hall–Kier alpha value is -5.73. The van der Waals surface area contributed by atoms with Gasteiger partial charge in [-0.2, -0.15) is 0 Å². The standard InChI is InChI=1S/C45H57N9O6/c1-22(2)35(51-44(57)59-7)42(55)53-30-12-9-27(17-30)38(53)40-47-20-33(49-40)26-11-14-32(24(5)15-26)37-25(6)16-29(19-46-37)34-21-48-41(50-34)39-28-10-13-31(18-28)54(39)43(56)36(23(3)4)52-45(58)60-8/h11,14-16,19-23,27-28,30-31,35-36,38-39H,9-10,12-13,17-18H2,1-8H3,(H,47,49)(H,48,50)(H,51,57)(H,52,58)/t27-,28-,30+,31+,35-,36?,38-,39-/m0/s1.